The molecule has 1 aliphatic rings. The maximum absolute atomic E-state index is 11.6. The van der Waals surface area contributed by atoms with E-state index in [2.05, 4.69) is 5.32 Å². The first kappa shape index (κ1) is 11.5. The number of nitrogens with one attached hydrogen (secondary N) is 1. The summed E-state index contributed by atoms with van der Waals surface area (Å²) in [7, 11) is 0. The van der Waals surface area contributed by atoms with Gasteiger partial charge in [-0.25, -0.2) is 0 Å². The van der Waals surface area contributed by atoms with Crippen LogP contribution in [0.3, 0.4) is 0 Å². The van der Waals surface area contributed by atoms with Crippen molar-refractivity contribution in [1.82, 2.24) is 5.32 Å². The van der Waals surface area contributed by atoms with Crippen LogP contribution in [0.25, 0.3) is 0 Å². The highest BCUT2D eigenvalue weighted by Gasteiger charge is 2.25. The van der Waals surface area contributed by atoms with Gasteiger partial charge in [0, 0.05) is 12.5 Å². The normalized spacial score (nSPS) is 21.9. The number of hydrogen-bond acceptors (Lipinski definition) is 2. The second kappa shape index (κ2) is 4.78. The SMILES string of the molecule is CCC(C)(O)CNC(=O)C1CCCC1. The van der Waals surface area contributed by atoms with Gasteiger partial charge in [-0.2, -0.15) is 0 Å². The predicted molar refractivity (Wildman–Crippen MR) is 55.9 cm³/mol. The molecule has 1 rings (SSSR count). The van der Waals surface area contributed by atoms with Gasteiger partial charge in [-0.05, 0) is 26.2 Å². The Morgan fingerprint density at radius 3 is 2.57 bits per heavy atom. The number of hydrogen-bond donors (Lipinski definition) is 2. The number of aliphatic hydroxyl groups is 1. The molecule has 1 unspecified atom stereocenters. The van der Waals surface area contributed by atoms with E-state index in [0.29, 0.717) is 13.0 Å². The van der Waals surface area contributed by atoms with Crippen LogP contribution in [-0.2, 0) is 4.79 Å². The molecule has 0 aromatic carbocycles. The summed E-state index contributed by atoms with van der Waals surface area (Å²) in [5.74, 6) is 0.318. The smallest absolute Gasteiger partial charge is 0.223 e. The zero-order valence-electron chi connectivity index (χ0n) is 9.18. The summed E-state index contributed by atoms with van der Waals surface area (Å²) in [5.41, 5.74) is -0.756. The largest absolute Gasteiger partial charge is 0.388 e. The first-order valence-electron chi connectivity index (χ1n) is 5.55. The molecule has 1 fully saturated rings. The molecule has 0 bridgehead atoms. The highest BCUT2D eigenvalue weighted by molar-refractivity contribution is 5.78. The number of carbonyl (C=O) groups is 1. The van der Waals surface area contributed by atoms with Crippen molar-refractivity contribution in [3.63, 3.8) is 0 Å². The topological polar surface area (TPSA) is 49.3 Å². The van der Waals surface area contributed by atoms with Crippen molar-refractivity contribution >= 4 is 5.91 Å². The summed E-state index contributed by atoms with van der Waals surface area (Å²) in [4.78, 5) is 11.6. The van der Waals surface area contributed by atoms with E-state index in [-0.39, 0.29) is 11.8 Å². The molecule has 3 heteroatoms. The third-order valence-electron chi connectivity index (χ3n) is 3.13. The molecule has 0 aliphatic heterocycles. The number of amides is 1. The molecule has 1 amide bonds. The summed E-state index contributed by atoms with van der Waals surface area (Å²) in [5, 5.41) is 12.5. The van der Waals surface area contributed by atoms with E-state index in [9.17, 15) is 9.90 Å². The summed E-state index contributed by atoms with van der Waals surface area (Å²) in [6.45, 7) is 4.04. The van der Waals surface area contributed by atoms with Crippen LogP contribution in [0.2, 0.25) is 0 Å². The Balaban J connectivity index is 2.27. The molecule has 3 nitrogen and oxygen atoms in total. The maximum atomic E-state index is 11.6. The van der Waals surface area contributed by atoms with Crippen LogP contribution in [0, 0.1) is 5.92 Å². The van der Waals surface area contributed by atoms with Gasteiger partial charge in [0.25, 0.3) is 0 Å². The molecule has 0 aromatic rings. The first-order chi connectivity index (χ1) is 6.55. The van der Waals surface area contributed by atoms with Gasteiger partial charge in [0.15, 0.2) is 0 Å². The third kappa shape index (κ3) is 3.29. The molecule has 1 aliphatic carbocycles. The van der Waals surface area contributed by atoms with E-state index in [1.165, 1.54) is 12.8 Å². The van der Waals surface area contributed by atoms with Crippen molar-refractivity contribution < 1.29 is 9.90 Å². The van der Waals surface area contributed by atoms with E-state index < -0.39 is 5.60 Å². The van der Waals surface area contributed by atoms with Gasteiger partial charge in [0.2, 0.25) is 5.91 Å². The molecule has 0 radical (unpaired) electrons. The van der Waals surface area contributed by atoms with Crippen LogP contribution in [0.5, 0.6) is 0 Å². The van der Waals surface area contributed by atoms with Crippen molar-refractivity contribution in [2.45, 2.75) is 51.6 Å². The first-order valence-corrected chi connectivity index (χ1v) is 5.55. The molecule has 82 valence electrons. The standard InChI is InChI=1S/C11H21NO2/c1-3-11(2,14)8-12-10(13)9-6-4-5-7-9/h9,14H,3-8H2,1-2H3,(H,12,13). The van der Waals surface area contributed by atoms with E-state index in [1.54, 1.807) is 6.92 Å². The van der Waals surface area contributed by atoms with Crippen LogP contribution in [0.4, 0.5) is 0 Å². The summed E-state index contributed by atoms with van der Waals surface area (Å²) >= 11 is 0. The summed E-state index contributed by atoms with van der Waals surface area (Å²) in [6, 6.07) is 0. The van der Waals surface area contributed by atoms with Crippen molar-refractivity contribution in [2.24, 2.45) is 5.92 Å². The number of rotatable bonds is 4. The van der Waals surface area contributed by atoms with E-state index in [1.807, 2.05) is 6.92 Å². The quantitative estimate of drug-likeness (QED) is 0.720. The highest BCUT2D eigenvalue weighted by Crippen LogP contribution is 2.24. The van der Waals surface area contributed by atoms with Crippen LogP contribution < -0.4 is 5.32 Å². The summed E-state index contributed by atoms with van der Waals surface area (Å²) in [6.07, 6.45) is 5.03. The van der Waals surface area contributed by atoms with Gasteiger partial charge < -0.3 is 10.4 Å². The van der Waals surface area contributed by atoms with Gasteiger partial charge in [-0.3, -0.25) is 4.79 Å². The monoisotopic (exact) mass is 199 g/mol. The minimum absolute atomic E-state index is 0.122. The predicted octanol–water partition coefficient (Wildman–Crippen LogP) is 1.45. The molecule has 1 atom stereocenters. The van der Waals surface area contributed by atoms with Gasteiger partial charge in [-0.1, -0.05) is 19.8 Å². The fourth-order valence-corrected chi connectivity index (χ4v) is 1.73. The van der Waals surface area contributed by atoms with E-state index in [0.717, 1.165) is 12.8 Å². The Morgan fingerprint density at radius 2 is 2.07 bits per heavy atom. The van der Waals surface area contributed by atoms with Gasteiger partial charge in [0.05, 0.1) is 5.60 Å². The molecule has 0 saturated heterocycles. The van der Waals surface area contributed by atoms with E-state index >= 15 is 0 Å². The molecular weight excluding hydrogens is 178 g/mol. The minimum Gasteiger partial charge on any atom is -0.388 e. The van der Waals surface area contributed by atoms with Gasteiger partial charge in [-0.15, -0.1) is 0 Å². The zero-order valence-corrected chi connectivity index (χ0v) is 9.18. The lowest BCUT2D eigenvalue weighted by molar-refractivity contribution is -0.126. The van der Waals surface area contributed by atoms with Crippen LogP contribution in [0.1, 0.15) is 46.0 Å². The Labute approximate surface area is 85.9 Å². The van der Waals surface area contributed by atoms with E-state index in [4.69, 9.17) is 0 Å². The lowest BCUT2D eigenvalue weighted by Gasteiger charge is -2.22. The maximum Gasteiger partial charge on any atom is 0.223 e. The van der Waals surface area contributed by atoms with Crippen LogP contribution >= 0.6 is 0 Å². The fourth-order valence-electron chi connectivity index (χ4n) is 1.73. The molecule has 1 saturated carbocycles. The zero-order chi connectivity index (χ0) is 10.6. The van der Waals surface area contributed by atoms with Crippen molar-refractivity contribution in [3.8, 4) is 0 Å². The second-order valence-electron chi connectivity index (χ2n) is 4.55. The highest BCUT2D eigenvalue weighted by atomic mass is 16.3. The lowest BCUT2D eigenvalue weighted by Crippen LogP contribution is -2.42. The van der Waals surface area contributed by atoms with Crippen molar-refractivity contribution in [1.29, 1.82) is 0 Å². The van der Waals surface area contributed by atoms with Crippen LogP contribution in [0.15, 0.2) is 0 Å². The molecule has 0 spiro atoms. The molecular formula is C11H21NO2. The summed E-state index contributed by atoms with van der Waals surface area (Å²) < 4.78 is 0. The Morgan fingerprint density at radius 1 is 1.50 bits per heavy atom. The fraction of sp³-hybridized carbons (Fsp3) is 0.909. The van der Waals surface area contributed by atoms with Crippen LogP contribution in [-0.4, -0.2) is 23.2 Å². The van der Waals surface area contributed by atoms with Gasteiger partial charge >= 0.3 is 0 Å². The molecule has 2 N–H and O–H groups in total. The van der Waals surface area contributed by atoms with Gasteiger partial charge in [0.1, 0.15) is 0 Å². The van der Waals surface area contributed by atoms with Crippen molar-refractivity contribution in [3.05, 3.63) is 0 Å². The number of carbonyl (C=O) groups excluding carboxylic acids is 1. The molecule has 14 heavy (non-hydrogen) atoms. The molecule has 0 heterocycles. The third-order valence-corrected chi connectivity index (χ3v) is 3.13. The average molecular weight is 199 g/mol. The molecule has 0 aromatic heterocycles. The van der Waals surface area contributed by atoms with Crippen molar-refractivity contribution in [2.75, 3.05) is 6.54 Å². The Bertz CT molecular complexity index is 195. The Hall–Kier alpha value is -0.570. The minimum atomic E-state index is -0.756. The average Bonchev–Trinajstić information content (AvgIpc) is 2.67. The lowest BCUT2D eigenvalue weighted by atomic mass is 10.0. The Kier molecular flexibility index (Phi) is 3.93. The second-order valence-corrected chi connectivity index (χ2v) is 4.55.